The maximum atomic E-state index is 11.4. The molecule has 0 atom stereocenters. The van der Waals surface area contributed by atoms with Gasteiger partial charge in [-0.05, 0) is 19.9 Å². The van der Waals surface area contributed by atoms with Gasteiger partial charge in [0.1, 0.15) is 5.69 Å². The molecule has 0 aromatic carbocycles. The Kier molecular flexibility index (Phi) is 3.50. The molecule has 0 unspecified atom stereocenters. The lowest BCUT2D eigenvalue weighted by molar-refractivity contribution is 0.0600. The Morgan fingerprint density at radius 3 is 2.68 bits per heavy atom. The van der Waals surface area contributed by atoms with Crippen LogP contribution < -0.4 is 4.74 Å². The van der Waals surface area contributed by atoms with Gasteiger partial charge in [-0.1, -0.05) is 0 Å². The molecule has 19 heavy (non-hydrogen) atoms. The third kappa shape index (κ3) is 2.57. The van der Waals surface area contributed by atoms with E-state index in [-0.39, 0.29) is 0 Å². The number of ether oxygens (including phenoxy) is 2. The molecule has 0 spiro atoms. The van der Waals surface area contributed by atoms with Crippen LogP contribution in [0.15, 0.2) is 18.3 Å². The number of aromatic nitrogens is 3. The van der Waals surface area contributed by atoms with Crippen molar-refractivity contribution < 1.29 is 14.3 Å². The van der Waals surface area contributed by atoms with Gasteiger partial charge in [0.25, 0.3) is 0 Å². The van der Waals surface area contributed by atoms with Crippen LogP contribution in [0, 0.1) is 13.8 Å². The van der Waals surface area contributed by atoms with Crippen molar-refractivity contribution in [1.82, 2.24) is 14.8 Å². The number of carbonyl (C=O) groups is 1. The van der Waals surface area contributed by atoms with E-state index in [9.17, 15) is 4.79 Å². The normalized spacial score (nSPS) is 10.3. The SMILES string of the molecule is COC(=O)c1ccnc(Oc2c(C)nn(C)c2C)c1. The highest BCUT2D eigenvalue weighted by atomic mass is 16.5. The van der Waals surface area contributed by atoms with Gasteiger partial charge in [-0.3, -0.25) is 4.68 Å². The highest BCUT2D eigenvalue weighted by Crippen LogP contribution is 2.27. The number of esters is 1. The molecule has 2 heterocycles. The van der Waals surface area contributed by atoms with Crippen LogP contribution in [0.2, 0.25) is 0 Å². The summed E-state index contributed by atoms with van der Waals surface area (Å²) in [5.41, 5.74) is 2.06. The minimum atomic E-state index is -0.424. The Balaban J connectivity index is 2.31. The molecule has 6 heteroatoms. The number of aryl methyl sites for hydroxylation is 2. The van der Waals surface area contributed by atoms with Gasteiger partial charge < -0.3 is 9.47 Å². The lowest BCUT2D eigenvalue weighted by atomic mass is 10.3. The second-order valence-corrected chi connectivity index (χ2v) is 4.10. The Labute approximate surface area is 111 Å². The predicted molar refractivity (Wildman–Crippen MR) is 68.3 cm³/mol. The van der Waals surface area contributed by atoms with Crippen molar-refractivity contribution in [2.45, 2.75) is 13.8 Å². The minimum absolute atomic E-state index is 0.335. The number of carbonyl (C=O) groups excluding carboxylic acids is 1. The molecular formula is C13H15N3O3. The van der Waals surface area contributed by atoms with Gasteiger partial charge in [0.15, 0.2) is 5.75 Å². The summed E-state index contributed by atoms with van der Waals surface area (Å²) >= 11 is 0. The van der Waals surface area contributed by atoms with Crippen molar-refractivity contribution >= 4 is 5.97 Å². The molecule has 2 rings (SSSR count). The quantitative estimate of drug-likeness (QED) is 0.791. The summed E-state index contributed by atoms with van der Waals surface area (Å²) in [4.78, 5) is 15.5. The summed E-state index contributed by atoms with van der Waals surface area (Å²) < 4.78 is 12.1. The molecule has 0 radical (unpaired) electrons. The number of hydrogen-bond acceptors (Lipinski definition) is 5. The molecule has 2 aromatic rings. The Morgan fingerprint density at radius 2 is 2.11 bits per heavy atom. The number of pyridine rings is 1. The van der Waals surface area contributed by atoms with Crippen molar-refractivity contribution in [3.63, 3.8) is 0 Å². The first-order valence-electron chi connectivity index (χ1n) is 5.75. The smallest absolute Gasteiger partial charge is 0.338 e. The van der Waals surface area contributed by atoms with Gasteiger partial charge in [-0.25, -0.2) is 9.78 Å². The Morgan fingerprint density at radius 1 is 1.37 bits per heavy atom. The fourth-order valence-electron chi connectivity index (χ4n) is 1.72. The summed E-state index contributed by atoms with van der Waals surface area (Å²) in [6.45, 7) is 3.76. The molecule has 2 aromatic heterocycles. The van der Waals surface area contributed by atoms with E-state index >= 15 is 0 Å². The molecule has 6 nitrogen and oxygen atoms in total. The number of methoxy groups -OCH3 is 1. The molecule has 0 aliphatic rings. The maximum absolute atomic E-state index is 11.4. The summed E-state index contributed by atoms with van der Waals surface area (Å²) in [5.74, 6) is 0.561. The first-order valence-corrected chi connectivity index (χ1v) is 5.75. The van der Waals surface area contributed by atoms with Crippen molar-refractivity contribution in [3.05, 3.63) is 35.3 Å². The van der Waals surface area contributed by atoms with Gasteiger partial charge in [0, 0.05) is 19.3 Å². The third-order valence-electron chi connectivity index (χ3n) is 2.81. The van der Waals surface area contributed by atoms with E-state index in [1.165, 1.54) is 19.4 Å². The van der Waals surface area contributed by atoms with E-state index in [4.69, 9.17) is 4.74 Å². The van der Waals surface area contributed by atoms with Gasteiger partial charge in [0.05, 0.1) is 18.4 Å². The highest BCUT2D eigenvalue weighted by molar-refractivity contribution is 5.89. The van der Waals surface area contributed by atoms with Gasteiger partial charge >= 0.3 is 5.97 Å². The zero-order valence-corrected chi connectivity index (χ0v) is 11.3. The summed E-state index contributed by atoms with van der Waals surface area (Å²) in [5, 5.41) is 4.25. The monoisotopic (exact) mass is 261 g/mol. The lowest BCUT2D eigenvalue weighted by Crippen LogP contribution is -2.02. The zero-order chi connectivity index (χ0) is 14.0. The van der Waals surface area contributed by atoms with E-state index in [0.717, 1.165) is 11.4 Å². The minimum Gasteiger partial charge on any atom is -0.465 e. The van der Waals surface area contributed by atoms with Crippen molar-refractivity contribution in [1.29, 1.82) is 0 Å². The fourth-order valence-corrected chi connectivity index (χ4v) is 1.72. The average molecular weight is 261 g/mol. The molecule has 0 fully saturated rings. The zero-order valence-electron chi connectivity index (χ0n) is 11.3. The topological polar surface area (TPSA) is 66.2 Å². The fraction of sp³-hybridized carbons (Fsp3) is 0.308. The molecular weight excluding hydrogens is 246 g/mol. The maximum Gasteiger partial charge on any atom is 0.338 e. The van der Waals surface area contributed by atoms with Crippen LogP contribution in [0.5, 0.6) is 11.6 Å². The van der Waals surface area contributed by atoms with Crippen LogP contribution in [-0.4, -0.2) is 27.8 Å². The van der Waals surface area contributed by atoms with Crippen LogP contribution in [0.3, 0.4) is 0 Å². The predicted octanol–water partition coefficient (Wildman–Crippen LogP) is 2.01. The molecule has 0 N–H and O–H groups in total. The third-order valence-corrected chi connectivity index (χ3v) is 2.81. The van der Waals surface area contributed by atoms with Crippen LogP contribution in [0.4, 0.5) is 0 Å². The molecule has 0 aliphatic carbocycles. The lowest BCUT2D eigenvalue weighted by Gasteiger charge is -2.06. The van der Waals surface area contributed by atoms with Crippen LogP contribution >= 0.6 is 0 Å². The molecule has 0 aliphatic heterocycles. The molecule has 0 saturated carbocycles. The van der Waals surface area contributed by atoms with E-state index in [1.807, 2.05) is 20.9 Å². The molecule has 0 bridgehead atoms. The number of nitrogens with zero attached hydrogens (tertiary/aromatic N) is 3. The summed E-state index contributed by atoms with van der Waals surface area (Å²) in [6.07, 6.45) is 1.50. The second kappa shape index (κ2) is 5.09. The van der Waals surface area contributed by atoms with Gasteiger partial charge in [-0.15, -0.1) is 0 Å². The molecule has 0 saturated heterocycles. The van der Waals surface area contributed by atoms with Crippen molar-refractivity contribution in [2.75, 3.05) is 7.11 Å². The first-order chi connectivity index (χ1) is 9.02. The summed E-state index contributed by atoms with van der Waals surface area (Å²) in [7, 11) is 3.17. The second-order valence-electron chi connectivity index (χ2n) is 4.10. The highest BCUT2D eigenvalue weighted by Gasteiger charge is 2.13. The van der Waals surface area contributed by atoms with Gasteiger partial charge in [0.2, 0.25) is 5.88 Å². The van der Waals surface area contributed by atoms with E-state index in [2.05, 4.69) is 14.8 Å². The van der Waals surface area contributed by atoms with E-state index in [1.54, 1.807) is 10.7 Å². The average Bonchev–Trinajstić information content (AvgIpc) is 2.65. The van der Waals surface area contributed by atoms with Crippen LogP contribution in [-0.2, 0) is 11.8 Å². The molecule has 100 valence electrons. The van der Waals surface area contributed by atoms with E-state index < -0.39 is 5.97 Å². The number of rotatable bonds is 3. The van der Waals surface area contributed by atoms with Crippen molar-refractivity contribution in [3.8, 4) is 11.6 Å². The van der Waals surface area contributed by atoms with E-state index in [0.29, 0.717) is 17.2 Å². The Hall–Kier alpha value is -2.37. The molecule has 0 amide bonds. The standard InChI is InChI=1S/C13H15N3O3/c1-8-12(9(2)16(3)15-8)19-11-7-10(5-6-14-11)13(17)18-4/h5-7H,1-4H3. The largest absolute Gasteiger partial charge is 0.465 e. The van der Waals surface area contributed by atoms with Crippen molar-refractivity contribution in [2.24, 2.45) is 7.05 Å². The van der Waals surface area contributed by atoms with Crippen LogP contribution in [0.1, 0.15) is 21.7 Å². The first kappa shape index (κ1) is 13.1. The van der Waals surface area contributed by atoms with Crippen LogP contribution in [0.25, 0.3) is 0 Å². The Bertz CT molecular complexity index is 620. The number of hydrogen-bond donors (Lipinski definition) is 0. The summed E-state index contributed by atoms with van der Waals surface area (Å²) in [6, 6.07) is 3.11. The van der Waals surface area contributed by atoms with Gasteiger partial charge in [-0.2, -0.15) is 5.10 Å².